The van der Waals surface area contributed by atoms with Gasteiger partial charge in [-0.2, -0.15) is 9.57 Å². The van der Waals surface area contributed by atoms with E-state index >= 15 is 0 Å². The van der Waals surface area contributed by atoms with Crippen LogP contribution in [0.1, 0.15) is 24.0 Å². The van der Waals surface area contributed by atoms with Crippen molar-refractivity contribution in [2.24, 2.45) is 5.92 Å². The number of rotatable bonds is 3. The Hall–Kier alpha value is -1.42. The molecule has 21 heavy (non-hydrogen) atoms. The van der Waals surface area contributed by atoms with Crippen molar-refractivity contribution in [1.29, 1.82) is 5.26 Å². The fourth-order valence-corrected chi connectivity index (χ4v) is 4.86. The summed E-state index contributed by atoms with van der Waals surface area (Å²) in [4.78, 5) is 0. The summed E-state index contributed by atoms with van der Waals surface area (Å²) < 4.78 is 26.7. The fraction of sp³-hybridized carbons (Fsp3) is 0.533. The van der Waals surface area contributed by atoms with Gasteiger partial charge in [-0.3, -0.25) is 0 Å². The molecule has 112 valence electrons. The highest BCUT2D eigenvalue weighted by atomic mass is 32.2. The van der Waals surface area contributed by atoms with Gasteiger partial charge in [0.25, 0.3) is 0 Å². The van der Waals surface area contributed by atoms with Gasteiger partial charge in [0.05, 0.1) is 17.4 Å². The lowest BCUT2D eigenvalue weighted by Crippen LogP contribution is -2.41. The number of hydrogen-bond donors (Lipinski definition) is 1. The van der Waals surface area contributed by atoms with Gasteiger partial charge in [0.15, 0.2) is 0 Å². The quantitative estimate of drug-likeness (QED) is 0.906. The van der Waals surface area contributed by atoms with E-state index < -0.39 is 10.0 Å². The molecule has 1 aromatic carbocycles. The van der Waals surface area contributed by atoms with E-state index in [0.29, 0.717) is 36.2 Å². The smallest absolute Gasteiger partial charge is 0.218 e. The Bertz CT molecular complexity index is 652. The number of hydrogen-bond acceptors (Lipinski definition) is 4. The average molecular weight is 305 g/mol. The van der Waals surface area contributed by atoms with Crippen LogP contribution in [0, 0.1) is 17.2 Å². The van der Waals surface area contributed by atoms with Crippen molar-refractivity contribution >= 4 is 10.0 Å². The zero-order valence-electron chi connectivity index (χ0n) is 11.8. The molecule has 2 saturated heterocycles. The van der Waals surface area contributed by atoms with Gasteiger partial charge in [-0.15, -0.1) is 0 Å². The van der Waals surface area contributed by atoms with Crippen LogP contribution in [0.5, 0.6) is 0 Å². The minimum Gasteiger partial charge on any atom is -0.312 e. The third-order valence-electron chi connectivity index (χ3n) is 4.36. The number of nitrogens with one attached hydrogen (secondary N) is 1. The molecule has 0 spiro atoms. The molecule has 0 aromatic heterocycles. The second-order valence-electron chi connectivity index (χ2n) is 5.85. The van der Waals surface area contributed by atoms with Crippen molar-refractivity contribution in [1.82, 2.24) is 9.62 Å². The first-order chi connectivity index (χ1) is 10.1. The Kier molecular flexibility index (Phi) is 3.98. The van der Waals surface area contributed by atoms with Crippen LogP contribution in [0.15, 0.2) is 24.3 Å². The maximum absolute atomic E-state index is 12.6. The molecule has 0 bridgehead atoms. The SMILES string of the molecule is N#Cc1cccc(CS(=O)(=O)N2CC3CCCNC3C2)c1. The molecule has 5 nitrogen and oxygen atoms in total. The molecule has 1 aromatic rings. The van der Waals surface area contributed by atoms with Crippen molar-refractivity contribution in [2.75, 3.05) is 19.6 Å². The second-order valence-corrected chi connectivity index (χ2v) is 7.82. The van der Waals surface area contributed by atoms with Crippen LogP contribution in [-0.2, 0) is 15.8 Å². The maximum atomic E-state index is 12.6. The van der Waals surface area contributed by atoms with E-state index in [9.17, 15) is 8.42 Å². The standard InChI is InChI=1S/C15H19N3O2S/c16-8-12-3-1-4-13(7-12)11-21(19,20)18-9-14-5-2-6-17-15(14)10-18/h1,3-4,7,14-15,17H,2,5-6,9-11H2. The average Bonchev–Trinajstić information content (AvgIpc) is 2.92. The van der Waals surface area contributed by atoms with E-state index in [1.54, 1.807) is 28.6 Å². The van der Waals surface area contributed by atoms with Crippen molar-refractivity contribution < 1.29 is 8.42 Å². The predicted molar refractivity (Wildman–Crippen MR) is 79.9 cm³/mol. The van der Waals surface area contributed by atoms with Gasteiger partial charge in [-0.1, -0.05) is 12.1 Å². The molecule has 2 atom stereocenters. The summed E-state index contributed by atoms with van der Waals surface area (Å²) >= 11 is 0. The molecular formula is C15H19N3O2S. The Balaban J connectivity index is 1.73. The third kappa shape index (κ3) is 3.10. The summed E-state index contributed by atoms with van der Waals surface area (Å²) in [5.74, 6) is 0.418. The normalized spacial score (nSPS) is 26.2. The number of sulfonamides is 1. The topological polar surface area (TPSA) is 73.2 Å². The first-order valence-corrected chi connectivity index (χ1v) is 8.90. The summed E-state index contributed by atoms with van der Waals surface area (Å²) in [6.45, 7) is 2.18. The molecule has 0 amide bonds. The largest absolute Gasteiger partial charge is 0.312 e. The van der Waals surface area contributed by atoms with Gasteiger partial charge >= 0.3 is 0 Å². The predicted octanol–water partition coefficient (Wildman–Crippen LogP) is 1.07. The molecular weight excluding hydrogens is 286 g/mol. The molecule has 2 heterocycles. The Morgan fingerprint density at radius 2 is 2.24 bits per heavy atom. The number of fused-ring (bicyclic) bond motifs is 1. The first kappa shape index (κ1) is 14.5. The Labute approximate surface area is 125 Å². The van der Waals surface area contributed by atoms with Crippen LogP contribution in [0.4, 0.5) is 0 Å². The summed E-state index contributed by atoms with van der Waals surface area (Å²) in [7, 11) is -3.31. The van der Waals surface area contributed by atoms with Crippen LogP contribution >= 0.6 is 0 Å². The highest BCUT2D eigenvalue weighted by Gasteiger charge is 2.39. The number of nitriles is 1. The first-order valence-electron chi connectivity index (χ1n) is 7.29. The zero-order chi connectivity index (χ0) is 14.9. The van der Waals surface area contributed by atoms with Crippen LogP contribution in [0.3, 0.4) is 0 Å². The van der Waals surface area contributed by atoms with Crippen molar-refractivity contribution in [3.63, 3.8) is 0 Å². The molecule has 2 aliphatic rings. The number of nitrogens with zero attached hydrogens (tertiary/aromatic N) is 2. The summed E-state index contributed by atoms with van der Waals surface area (Å²) in [6.07, 6.45) is 2.23. The molecule has 2 aliphatic heterocycles. The van der Waals surface area contributed by atoms with Gasteiger partial charge in [-0.05, 0) is 43.0 Å². The van der Waals surface area contributed by atoms with Gasteiger partial charge in [0.1, 0.15) is 0 Å². The van der Waals surface area contributed by atoms with Gasteiger partial charge in [0, 0.05) is 19.1 Å². The molecule has 6 heteroatoms. The van der Waals surface area contributed by atoms with E-state index in [1.807, 2.05) is 6.07 Å². The monoisotopic (exact) mass is 305 g/mol. The van der Waals surface area contributed by atoms with Crippen LogP contribution in [-0.4, -0.2) is 38.4 Å². The molecule has 0 aliphatic carbocycles. The second kappa shape index (κ2) is 5.76. The summed E-state index contributed by atoms with van der Waals surface area (Å²) in [6, 6.07) is 9.18. The molecule has 1 N–H and O–H groups in total. The molecule has 0 radical (unpaired) electrons. The lowest BCUT2D eigenvalue weighted by molar-refractivity contribution is 0.339. The van der Waals surface area contributed by atoms with Gasteiger partial charge in [-0.25, -0.2) is 8.42 Å². The van der Waals surface area contributed by atoms with Crippen molar-refractivity contribution in [3.8, 4) is 6.07 Å². The zero-order valence-corrected chi connectivity index (χ0v) is 12.6. The summed E-state index contributed by atoms with van der Waals surface area (Å²) in [5, 5.41) is 12.3. The van der Waals surface area contributed by atoms with Crippen LogP contribution < -0.4 is 5.32 Å². The van der Waals surface area contributed by atoms with E-state index in [0.717, 1.165) is 19.4 Å². The Morgan fingerprint density at radius 3 is 3.00 bits per heavy atom. The molecule has 0 saturated carbocycles. The highest BCUT2D eigenvalue weighted by Crippen LogP contribution is 2.28. The minimum atomic E-state index is -3.31. The lowest BCUT2D eigenvalue weighted by Gasteiger charge is -2.24. The Morgan fingerprint density at radius 1 is 1.38 bits per heavy atom. The molecule has 3 rings (SSSR count). The van der Waals surface area contributed by atoms with Crippen LogP contribution in [0.2, 0.25) is 0 Å². The van der Waals surface area contributed by atoms with Crippen LogP contribution in [0.25, 0.3) is 0 Å². The number of benzene rings is 1. The number of piperidine rings is 1. The van der Waals surface area contributed by atoms with Crippen molar-refractivity contribution in [2.45, 2.75) is 24.6 Å². The van der Waals surface area contributed by atoms with E-state index in [1.165, 1.54) is 0 Å². The van der Waals surface area contributed by atoms with Gasteiger partial charge in [0.2, 0.25) is 10.0 Å². The fourth-order valence-electron chi connectivity index (χ4n) is 3.27. The summed E-state index contributed by atoms with van der Waals surface area (Å²) in [5.41, 5.74) is 1.18. The van der Waals surface area contributed by atoms with E-state index in [-0.39, 0.29) is 5.75 Å². The minimum absolute atomic E-state index is 0.0258. The maximum Gasteiger partial charge on any atom is 0.218 e. The lowest BCUT2D eigenvalue weighted by atomic mass is 9.94. The molecule has 2 unspecified atom stereocenters. The van der Waals surface area contributed by atoms with E-state index in [2.05, 4.69) is 5.32 Å². The third-order valence-corrected chi connectivity index (χ3v) is 6.15. The highest BCUT2D eigenvalue weighted by molar-refractivity contribution is 7.88. The van der Waals surface area contributed by atoms with E-state index in [4.69, 9.17) is 5.26 Å². The van der Waals surface area contributed by atoms with Crippen molar-refractivity contribution in [3.05, 3.63) is 35.4 Å². The molecule has 2 fully saturated rings. The van der Waals surface area contributed by atoms with Gasteiger partial charge < -0.3 is 5.32 Å².